The van der Waals surface area contributed by atoms with Crippen LogP contribution in [0.25, 0.3) is 6.08 Å². The SMILES string of the molecule is COc1ccc(OC)c(C2C(C(=O)c3cccs3)N3c4ccccc4C=CC3C23C(=O)c2ccccc2C3=O)c1. The molecule has 3 aliphatic rings. The Morgan fingerprint density at radius 3 is 2.27 bits per heavy atom. The quantitative estimate of drug-likeness (QED) is 0.223. The van der Waals surface area contributed by atoms with E-state index in [0.29, 0.717) is 33.1 Å². The molecule has 1 aliphatic carbocycles. The highest BCUT2D eigenvalue weighted by atomic mass is 32.1. The summed E-state index contributed by atoms with van der Waals surface area (Å²) in [6, 6.07) is 22.2. The van der Waals surface area contributed by atoms with Gasteiger partial charge in [0.15, 0.2) is 17.3 Å². The number of fused-ring (bicyclic) bond motifs is 5. The maximum Gasteiger partial charge on any atom is 0.195 e. The van der Waals surface area contributed by atoms with Crippen LogP contribution in [0.2, 0.25) is 0 Å². The van der Waals surface area contributed by atoms with Gasteiger partial charge in [-0.1, -0.05) is 60.7 Å². The fourth-order valence-electron chi connectivity index (χ4n) is 6.91. The predicted octanol–water partition coefficient (Wildman–Crippen LogP) is 6.08. The molecular weight excluding hydrogens is 522 g/mol. The average Bonchev–Trinajstić information content (AvgIpc) is 3.70. The van der Waals surface area contributed by atoms with Crippen molar-refractivity contribution in [1.82, 2.24) is 0 Å². The van der Waals surface area contributed by atoms with Crippen LogP contribution in [-0.2, 0) is 0 Å². The van der Waals surface area contributed by atoms with Crippen LogP contribution in [0.1, 0.15) is 47.4 Å². The van der Waals surface area contributed by atoms with Gasteiger partial charge in [-0.3, -0.25) is 14.4 Å². The van der Waals surface area contributed by atoms with Gasteiger partial charge in [0.2, 0.25) is 0 Å². The molecule has 0 bridgehead atoms. The molecule has 0 N–H and O–H groups in total. The van der Waals surface area contributed by atoms with Gasteiger partial charge in [-0.15, -0.1) is 11.3 Å². The second-order valence-corrected chi connectivity index (χ2v) is 11.2. The Morgan fingerprint density at radius 1 is 0.875 bits per heavy atom. The molecule has 7 heteroatoms. The first-order chi connectivity index (χ1) is 19.5. The van der Waals surface area contributed by atoms with Gasteiger partial charge in [-0.25, -0.2) is 0 Å². The van der Waals surface area contributed by atoms with Gasteiger partial charge in [0.25, 0.3) is 0 Å². The number of thiophene rings is 1. The number of benzene rings is 3. The molecule has 198 valence electrons. The molecule has 0 saturated carbocycles. The van der Waals surface area contributed by atoms with E-state index in [1.807, 2.05) is 52.8 Å². The number of carbonyl (C=O) groups is 3. The first-order valence-electron chi connectivity index (χ1n) is 13.1. The minimum atomic E-state index is -1.59. The Bertz CT molecular complexity index is 1690. The molecule has 1 aromatic heterocycles. The van der Waals surface area contributed by atoms with Gasteiger partial charge in [0.05, 0.1) is 25.1 Å². The second-order valence-electron chi connectivity index (χ2n) is 10.2. The zero-order valence-electron chi connectivity index (χ0n) is 21.9. The predicted molar refractivity (Wildman–Crippen MR) is 154 cm³/mol. The van der Waals surface area contributed by atoms with Gasteiger partial charge < -0.3 is 14.4 Å². The van der Waals surface area contributed by atoms with E-state index in [0.717, 1.165) is 11.3 Å². The van der Waals surface area contributed by atoms with Crippen LogP contribution in [-0.4, -0.2) is 43.7 Å². The molecule has 0 radical (unpaired) electrons. The molecule has 2 aliphatic heterocycles. The molecule has 3 unspecified atom stereocenters. The van der Waals surface area contributed by atoms with Crippen molar-refractivity contribution in [2.45, 2.75) is 18.0 Å². The van der Waals surface area contributed by atoms with Gasteiger partial charge in [-0.05, 0) is 41.3 Å². The Hall–Kier alpha value is -4.49. The minimum Gasteiger partial charge on any atom is -0.497 e. The summed E-state index contributed by atoms with van der Waals surface area (Å²) in [4.78, 5) is 46.6. The van der Waals surface area contributed by atoms with E-state index in [4.69, 9.17) is 9.47 Å². The molecule has 1 saturated heterocycles. The van der Waals surface area contributed by atoms with Crippen molar-refractivity contribution in [1.29, 1.82) is 0 Å². The molecule has 40 heavy (non-hydrogen) atoms. The number of Topliss-reactive ketones (excluding diaryl/α,β-unsaturated/α-hetero) is 3. The highest BCUT2D eigenvalue weighted by Gasteiger charge is 2.72. The number of anilines is 1. The Balaban J connectivity index is 1.59. The fourth-order valence-corrected chi connectivity index (χ4v) is 7.61. The van der Waals surface area contributed by atoms with E-state index >= 15 is 0 Å². The topological polar surface area (TPSA) is 72.9 Å². The maximum atomic E-state index is 14.7. The molecule has 6 nitrogen and oxygen atoms in total. The number of rotatable bonds is 5. The number of carbonyl (C=O) groups excluding carboxylic acids is 3. The smallest absolute Gasteiger partial charge is 0.195 e. The van der Waals surface area contributed by atoms with Gasteiger partial charge in [0, 0.05) is 28.3 Å². The number of para-hydroxylation sites is 1. The number of hydrogen-bond acceptors (Lipinski definition) is 7. The summed E-state index contributed by atoms with van der Waals surface area (Å²) < 4.78 is 11.4. The highest BCUT2D eigenvalue weighted by Crippen LogP contribution is 2.62. The third-order valence-corrected chi connectivity index (χ3v) is 9.40. The molecule has 1 fully saturated rings. The zero-order chi connectivity index (χ0) is 27.6. The second kappa shape index (κ2) is 9.03. The van der Waals surface area contributed by atoms with Crippen LogP contribution in [0.3, 0.4) is 0 Å². The van der Waals surface area contributed by atoms with Gasteiger partial charge >= 0.3 is 0 Å². The zero-order valence-corrected chi connectivity index (χ0v) is 22.7. The van der Waals surface area contributed by atoms with E-state index in [2.05, 4.69) is 0 Å². The molecule has 1 spiro atoms. The van der Waals surface area contributed by atoms with E-state index in [1.54, 1.807) is 62.8 Å². The van der Waals surface area contributed by atoms with Crippen molar-refractivity contribution in [3.05, 3.63) is 117 Å². The van der Waals surface area contributed by atoms with Crippen LogP contribution < -0.4 is 14.4 Å². The van der Waals surface area contributed by atoms with E-state index in [1.165, 1.54) is 11.3 Å². The van der Waals surface area contributed by atoms with Gasteiger partial charge in [0.1, 0.15) is 23.0 Å². The summed E-state index contributed by atoms with van der Waals surface area (Å²) in [6.45, 7) is 0. The maximum absolute atomic E-state index is 14.7. The Morgan fingerprint density at radius 2 is 1.60 bits per heavy atom. The largest absolute Gasteiger partial charge is 0.497 e. The van der Waals surface area contributed by atoms with Crippen LogP contribution in [0.4, 0.5) is 5.69 Å². The van der Waals surface area contributed by atoms with Crippen LogP contribution in [0, 0.1) is 5.41 Å². The molecule has 3 atom stereocenters. The summed E-state index contributed by atoms with van der Waals surface area (Å²) in [5.74, 6) is -0.520. The summed E-state index contributed by atoms with van der Waals surface area (Å²) in [5, 5.41) is 1.86. The molecule has 3 heterocycles. The van der Waals surface area contributed by atoms with Crippen molar-refractivity contribution in [3.63, 3.8) is 0 Å². The monoisotopic (exact) mass is 547 g/mol. The van der Waals surface area contributed by atoms with Crippen LogP contribution in [0.15, 0.2) is 90.3 Å². The molecule has 3 aromatic carbocycles. The fraction of sp³-hybridized carbons (Fsp3) is 0.182. The lowest BCUT2D eigenvalue weighted by molar-refractivity contribution is 0.0664. The number of ether oxygens (including phenoxy) is 2. The number of hydrogen-bond donors (Lipinski definition) is 0. The first kappa shape index (κ1) is 24.5. The van der Waals surface area contributed by atoms with Gasteiger partial charge in [-0.2, -0.15) is 0 Å². The highest BCUT2D eigenvalue weighted by molar-refractivity contribution is 7.12. The summed E-state index contributed by atoms with van der Waals surface area (Å²) >= 11 is 1.35. The van der Waals surface area contributed by atoms with Crippen molar-refractivity contribution in [2.75, 3.05) is 19.1 Å². The summed E-state index contributed by atoms with van der Waals surface area (Å²) in [6.07, 6.45) is 3.88. The number of nitrogens with zero attached hydrogens (tertiary/aromatic N) is 1. The number of ketones is 3. The third-order valence-electron chi connectivity index (χ3n) is 8.52. The third kappa shape index (κ3) is 3.12. The minimum absolute atomic E-state index is 0.145. The average molecular weight is 548 g/mol. The standard InChI is InChI=1S/C33H25NO5S/c1-38-20-14-15-25(39-2)23(18-20)28-29(30(35)26-12-7-17-40-26)34-24-11-6-3-8-19(24)13-16-27(34)33(28)31(36)21-9-4-5-10-22(21)32(33)37/h3-18,27-29H,1-2H3. The van der Waals surface area contributed by atoms with Crippen molar-refractivity contribution < 1.29 is 23.9 Å². The summed E-state index contributed by atoms with van der Waals surface area (Å²) in [7, 11) is 3.12. The Kier molecular flexibility index (Phi) is 5.54. The number of methoxy groups -OCH3 is 2. The molecular formula is C33H25NO5S. The normalized spacial score (nSPS) is 21.8. The lowest BCUT2D eigenvalue weighted by Crippen LogP contribution is -2.48. The molecule has 4 aromatic rings. The van der Waals surface area contributed by atoms with E-state index < -0.39 is 23.4 Å². The summed E-state index contributed by atoms with van der Waals surface area (Å²) in [5.41, 5.74) is 1.50. The van der Waals surface area contributed by atoms with Crippen LogP contribution >= 0.6 is 11.3 Å². The van der Waals surface area contributed by atoms with E-state index in [9.17, 15) is 14.4 Å². The van der Waals surface area contributed by atoms with Crippen molar-refractivity contribution in [2.24, 2.45) is 5.41 Å². The molecule has 7 rings (SSSR count). The van der Waals surface area contributed by atoms with E-state index in [-0.39, 0.29) is 17.3 Å². The Labute approximate surface area is 235 Å². The van der Waals surface area contributed by atoms with Crippen LogP contribution in [0.5, 0.6) is 11.5 Å². The van der Waals surface area contributed by atoms with Crippen molar-refractivity contribution in [3.8, 4) is 11.5 Å². The lowest BCUT2D eigenvalue weighted by atomic mass is 9.64. The molecule has 0 amide bonds. The first-order valence-corrected chi connectivity index (χ1v) is 13.9. The van der Waals surface area contributed by atoms with Crippen molar-refractivity contribution >= 4 is 40.4 Å². The lowest BCUT2D eigenvalue weighted by Gasteiger charge is -2.37.